The van der Waals surface area contributed by atoms with Crippen LogP contribution in [-0.4, -0.2) is 46.2 Å². The minimum Gasteiger partial charge on any atom is -0.396 e. The number of aromatic nitrogens is 3. The molecule has 0 bridgehead atoms. The van der Waals surface area contributed by atoms with Gasteiger partial charge in [-0.1, -0.05) is 23.4 Å². The molecule has 132 valence electrons. The maximum Gasteiger partial charge on any atom is 0.131 e. The Hall–Kier alpha value is -2.10. The Bertz CT molecular complexity index is 775. The second-order valence-electron chi connectivity index (χ2n) is 6.07. The number of nitrogens with zero attached hydrogens (tertiary/aromatic N) is 4. The Morgan fingerprint density at radius 2 is 2.08 bits per heavy atom. The van der Waals surface area contributed by atoms with Gasteiger partial charge in [0, 0.05) is 38.2 Å². The summed E-state index contributed by atoms with van der Waals surface area (Å²) in [6, 6.07) is 1.83. The van der Waals surface area contributed by atoms with E-state index in [1.54, 1.807) is 18.6 Å². The minimum atomic E-state index is -0.455. The number of aliphatic hydroxyl groups excluding tert-OH is 1. The highest BCUT2D eigenvalue weighted by Gasteiger charge is 2.20. The molecule has 2 aromatic heterocycles. The van der Waals surface area contributed by atoms with Crippen molar-refractivity contribution in [2.45, 2.75) is 19.4 Å². The Balaban J connectivity index is 1.81. The van der Waals surface area contributed by atoms with Crippen LogP contribution >= 0.6 is 11.6 Å². The zero-order valence-corrected chi connectivity index (χ0v) is 14.6. The summed E-state index contributed by atoms with van der Waals surface area (Å²) in [6.45, 7) is 1.72. The number of alkyl halides is 1. The third-order valence-electron chi connectivity index (χ3n) is 4.35. The van der Waals surface area contributed by atoms with E-state index in [-0.39, 0.29) is 13.2 Å². The van der Waals surface area contributed by atoms with Crippen molar-refractivity contribution in [3.05, 3.63) is 40.9 Å². The summed E-state index contributed by atoms with van der Waals surface area (Å²) in [7, 11) is 0. The minimum absolute atomic E-state index is 0.231. The van der Waals surface area contributed by atoms with Gasteiger partial charge in [0.25, 0.3) is 0 Å². The number of hydrogen-bond donors (Lipinski definition) is 1. The van der Waals surface area contributed by atoms with Crippen LogP contribution in [0.5, 0.6) is 0 Å². The molecular weight excluding hydrogens is 343 g/mol. The van der Waals surface area contributed by atoms with Crippen LogP contribution in [0.15, 0.2) is 24.7 Å². The standard InChI is InChI=1S/C18H20ClFN4O/c19-18-9-17(23-6-3-14(13-25)4-7-23)16(11-21-18)2-1-15-10-22-24(12-15)8-5-20/h9-12,14,25H,3-8,13H2. The van der Waals surface area contributed by atoms with Gasteiger partial charge in [0.1, 0.15) is 11.8 Å². The van der Waals surface area contributed by atoms with Crippen LogP contribution in [0.4, 0.5) is 10.1 Å². The summed E-state index contributed by atoms with van der Waals surface area (Å²) in [5.41, 5.74) is 2.48. The van der Waals surface area contributed by atoms with Crippen molar-refractivity contribution in [2.24, 2.45) is 5.92 Å². The molecule has 1 aliphatic rings. The first kappa shape index (κ1) is 17.7. The number of anilines is 1. The molecule has 0 aliphatic carbocycles. The number of halogens is 2. The summed E-state index contributed by atoms with van der Waals surface area (Å²) in [5.74, 6) is 6.54. The Kier molecular flexibility index (Phi) is 5.90. The topological polar surface area (TPSA) is 54.2 Å². The van der Waals surface area contributed by atoms with Gasteiger partial charge in [-0.25, -0.2) is 9.37 Å². The van der Waals surface area contributed by atoms with Crippen LogP contribution in [0, 0.1) is 17.8 Å². The highest BCUT2D eigenvalue weighted by Crippen LogP contribution is 2.27. The first-order chi connectivity index (χ1) is 12.2. The molecule has 25 heavy (non-hydrogen) atoms. The Morgan fingerprint density at radius 1 is 1.28 bits per heavy atom. The van der Waals surface area contributed by atoms with Crippen LogP contribution < -0.4 is 4.90 Å². The lowest BCUT2D eigenvalue weighted by molar-refractivity contribution is 0.203. The molecule has 7 heteroatoms. The molecule has 0 radical (unpaired) electrons. The lowest BCUT2D eigenvalue weighted by Gasteiger charge is -2.33. The van der Waals surface area contributed by atoms with Crippen molar-refractivity contribution in [1.29, 1.82) is 0 Å². The van der Waals surface area contributed by atoms with Gasteiger partial charge in [0.15, 0.2) is 0 Å². The van der Waals surface area contributed by atoms with E-state index in [1.807, 2.05) is 6.07 Å². The van der Waals surface area contributed by atoms with Gasteiger partial charge >= 0.3 is 0 Å². The predicted molar refractivity (Wildman–Crippen MR) is 95.5 cm³/mol. The van der Waals surface area contributed by atoms with Crippen LogP contribution in [0.3, 0.4) is 0 Å². The number of pyridine rings is 1. The second kappa shape index (κ2) is 8.32. The van der Waals surface area contributed by atoms with Gasteiger partial charge in [-0.2, -0.15) is 5.10 Å². The van der Waals surface area contributed by atoms with Gasteiger partial charge in [0.2, 0.25) is 0 Å². The molecule has 0 aromatic carbocycles. The van der Waals surface area contributed by atoms with Crippen molar-refractivity contribution in [3.8, 4) is 11.8 Å². The molecule has 0 amide bonds. The van der Waals surface area contributed by atoms with E-state index < -0.39 is 6.67 Å². The normalized spacial score (nSPS) is 15.1. The zero-order valence-electron chi connectivity index (χ0n) is 13.8. The molecule has 1 aliphatic heterocycles. The van der Waals surface area contributed by atoms with Gasteiger partial charge in [-0.05, 0) is 18.8 Å². The number of hydrogen-bond acceptors (Lipinski definition) is 4. The van der Waals surface area contributed by atoms with Crippen molar-refractivity contribution >= 4 is 17.3 Å². The molecule has 0 unspecified atom stereocenters. The predicted octanol–water partition coefficient (Wildman–Crippen LogP) is 2.51. The summed E-state index contributed by atoms with van der Waals surface area (Å²) in [4.78, 5) is 6.37. The second-order valence-corrected chi connectivity index (χ2v) is 6.46. The molecule has 3 heterocycles. The molecule has 5 nitrogen and oxygen atoms in total. The molecular formula is C18H20ClFN4O. The average Bonchev–Trinajstić information content (AvgIpc) is 3.08. The van der Waals surface area contributed by atoms with Crippen molar-refractivity contribution in [3.63, 3.8) is 0 Å². The molecule has 2 aromatic rings. The average molecular weight is 363 g/mol. The largest absolute Gasteiger partial charge is 0.396 e. The Morgan fingerprint density at radius 3 is 2.80 bits per heavy atom. The van der Waals surface area contributed by atoms with E-state index in [4.69, 9.17) is 11.6 Å². The smallest absolute Gasteiger partial charge is 0.131 e. The van der Waals surface area contributed by atoms with Crippen molar-refractivity contribution < 1.29 is 9.50 Å². The highest BCUT2D eigenvalue weighted by atomic mass is 35.5. The van der Waals surface area contributed by atoms with Gasteiger partial charge < -0.3 is 10.0 Å². The molecule has 3 rings (SSSR count). The number of piperidine rings is 1. The van der Waals surface area contributed by atoms with E-state index in [2.05, 4.69) is 26.8 Å². The van der Waals surface area contributed by atoms with Crippen LogP contribution in [0.25, 0.3) is 0 Å². The van der Waals surface area contributed by atoms with Gasteiger partial charge in [-0.15, -0.1) is 0 Å². The highest BCUT2D eigenvalue weighted by molar-refractivity contribution is 6.29. The van der Waals surface area contributed by atoms with E-state index in [0.717, 1.165) is 42.7 Å². The number of aliphatic hydroxyl groups is 1. The summed E-state index contributed by atoms with van der Waals surface area (Å²) >= 11 is 6.07. The molecule has 1 N–H and O–H groups in total. The first-order valence-electron chi connectivity index (χ1n) is 8.31. The third kappa shape index (κ3) is 4.50. The lowest BCUT2D eigenvalue weighted by Crippen LogP contribution is -2.35. The molecule has 1 fully saturated rings. The van der Waals surface area contributed by atoms with E-state index in [9.17, 15) is 9.50 Å². The zero-order chi connectivity index (χ0) is 17.6. The van der Waals surface area contributed by atoms with Gasteiger partial charge in [0.05, 0.1) is 29.6 Å². The number of rotatable bonds is 4. The number of aryl methyl sites for hydroxylation is 1. The van der Waals surface area contributed by atoms with Crippen LogP contribution in [0.2, 0.25) is 5.15 Å². The fourth-order valence-corrected chi connectivity index (χ4v) is 3.06. The first-order valence-corrected chi connectivity index (χ1v) is 8.69. The SMILES string of the molecule is OCC1CCN(c2cc(Cl)ncc2C#Cc2cnn(CCF)c2)CC1. The monoisotopic (exact) mass is 362 g/mol. The quantitative estimate of drug-likeness (QED) is 0.670. The fraction of sp³-hybridized carbons (Fsp3) is 0.444. The third-order valence-corrected chi connectivity index (χ3v) is 4.56. The van der Waals surface area contributed by atoms with E-state index in [1.165, 1.54) is 4.68 Å². The maximum atomic E-state index is 12.3. The summed E-state index contributed by atoms with van der Waals surface area (Å²) in [6.07, 6.45) is 6.91. The van der Waals surface area contributed by atoms with E-state index in [0.29, 0.717) is 11.1 Å². The maximum absolute atomic E-state index is 12.3. The van der Waals surface area contributed by atoms with Gasteiger partial charge in [-0.3, -0.25) is 4.68 Å². The molecule has 0 saturated carbocycles. The Labute approximate surface area is 151 Å². The fourth-order valence-electron chi connectivity index (χ4n) is 2.91. The van der Waals surface area contributed by atoms with E-state index >= 15 is 0 Å². The van der Waals surface area contributed by atoms with Crippen LogP contribution in [-0.2, 0) is 6.54 Å². The molecule has 1 saturated heterocycles. The lowest BCUT2D eigenvalue weighted by atomic mass is 9.97. The molecule has 0 spiro atoms. The summed E-state index contributed by atoms with van der Waals surface area (Å²) < 4.78 is 13.9. The molecule has 0 atom stereocenters. The van der Waals surface area contributed by atoms with Crippen molar-refractivity contribution in [2.75, 3.05) is 31.3 Å². The van der Waals surface area contributed by atoms with Crippen molar-refractivity contribution in [1.82, 2.24) is 14.8 Å². The van der Waals surface area contributed by atoms with Crippen LogP contribution in [0.1, 0.15) is 24.0 Å². The summed E-state index contributed by atoms with van der Waals surface area (Å²) in [5, 5.41) is 13.8.